The SMILES string of the molecule is O=C(/C=C/c1ccccc1)OCc1cc(=O)oc2cc(O)ccc12. The van der Waals surface area contributed by atoms with Gasteiger partial charge >= 0.3 is 11.6 Å². The number of fused-ring (bicyclic) bond motifs is 1. The summed E-state index contributed by atoms with van der Waals surface area (Å²) in [5.74, 6) is -0.524. The predicted octanol–water partition coefficient (Wildman–Crippen LogP) is 3.26. The van der Waals surface area contributed by atoms with Gasteiger partial charge in [-0.3, -0.25) is 0 Å². The zero-order chi connectivity index (χ0) is 16.9. The van der Waals surface area contributed by atoms with Crippen molar-refractivity contribution in [2.24, 2.45) is 0 Å². The molecule has 1 aromatic heterocycles. The zero-order valence-electron chi connectivity index (χ0n) is 12.6. The van der Waals surface area contributed by atoms with Crippen LogP contribution < -0.4 is 5.63 Å². The summed E-state index contributed by atoms with van der Waals surface area (Å²) in [6.45, 7) is -0.0646. The molecule has 1 heterocycles. The molecule has 1 N–H and O–H groups in total. The Hall–Kier alpha value is -3.34. The summed E-state index contributed by atoms with van der Waals surface area (Å²) in [6.07, 6.45) is 2.98. The van der Waals surface area contributed by atoms with Crippen molar-refractivity contribution in [1.29, 1.82) is 0 Å². The predicted molar refractivity (Wildman–Crippen MR) is 89.4 cm³/mol. The highest BCUT2D eigenvalue weighted by Crippen LogP contribution is 2.22. The second kappa shape index (κ2) is 6.83. The summed E-state index contributed by atoms with van der Waals surface area (Å²) in [5, 5.41) is 10.1. The molecule has 5 nitrogen and oxygen atoms in total. The Labute approximate surface area is 137 Å². The molecular weight excluding hydrogens is 308 g/mol. The first-order chi connectivity index (χ1) is 11.6. The van der Waals surface area contributed by atoms with Crippen LogP contribution in [0.4, 0.5) is 0 Å². The molecule has 2 aromatic carbocycles. The highest BCUT2D eigenvalue weighted by molar-refractivity contribution is 5.87. The number of hydrogen-bond acceptors (Lipinski definition) is 5. The van der Waals surface area contributed by atoms with Crippen LogP contribution in [-0.2, 0) is 16.1 Å². The van der Waals surface area contributed by atoms with E-state index in [0.717, 1.165) is 5.56 Å². The molecule has 0 atom stereocenters. The van der Waals surface area contributed by atoms with Crippen molar-refractivity contribution in [2.45, 2.75) is 6.61 Å². The highest BCUT2D eigenvalue weighted by atomic mass is 16.5. The maximum atomic E-state index is 11.8. The average molecular weight is 322 g/mol. The lowest BCUT2D eigenvalue weighted by atomic mass is 10.1. The van der Waals surface area contributed by atoms with Crippen LogP contribution in [0.15, 0.2) is 69.9 Å². The van der Waals surface area contributed by atoms with Crippen molar-refractivity contribution in [1.82, 2.24) is 0 Å². The Morgan fingerprint density at radius 2 is 1.92 bits per heavy atom. The van der Waals surface area contributed by atoms with Gasteiger partial charge in [0.2, 0.25) is 0 Å². The second-order valence-electron chi connectivity index (χ2n) is 5.12. The van der Waals surface area contributed by atoms with Crippen LogP contribution in [0.1, 0.15) is 11.1 Å². The third kappa shape index (κ3) is 3.70. The zero-order valence-corrected chi connectivity index (χ0v) is 12.6. The molecule has 0 fully saturated rings. The van der Waals surface area contributed by atoms with Gasteiger partial charge in [-0.25, -0.2) is 9.59 Å². The molecule has 0 aliphatic heterocycles. The lowest BCUT2D eigenvalue weighted by Crippen LogP contribution is -2.05. The lowest BCUT2D eigenvalue weighted by molar-refractivity contribution is -0.138. The Kier molecular flexibility index (Phi) is 4.43. The fraction of sp³-hybridized carbons (Fsp3) is 0.0526. The van der Waals surface area contributed by atoms with Crippen LogP contribution in [0.5, 0.6) is 5.75 Å². The van der Waals surface area contributed by atoms with E-state index in [1.54, 1.807) is 12.1 Å². The quantitative estimate of drug-likeness (QED) is 0.453. The van der Waals surface area contributed by atoms with Gasteiger partial charge in [-0.05, 0) is 23.8 Å². The molecule has 0 radical (unpaired) electrons. The summed E-state index contributed by atoms with van der Waals surface area (Å²) >= 11 is 0. The van der Waals surface area contributed by atoms with E-state index in [1.807, 2.05) is 30.3 Å². The van der Waals surface area contributed by atoms with Gasteiger partial charge in [0.05, 0.1) is 0 Å². The monoisotopic (exact) mass is 322 g/mol. The Morgan fingerprint density at radius 1 is 1.12 bits per heavy atom. The molecule has 0 amide bonds. The number of ether oxygens (including phenoxy) is 1. The lowest BCUT2D eigenvalue weighted by Gasteiger charge is -2.06. The van der Waals surface area contributed by atoms with E-state index < -0.39 is 11.6 Å². The van der Waals surface area contributed by atoms with Crippen LogP contribution in [0.2, 0.25) is 0 Å². The number of carbonyl (C=O) groups is 1. The minimum absolute atomic E-state index is 0.00871. The van der Waals surface area contributed by atoms with Crippen LogP contribution >= 0.6 is 0 Å². The van der Waals surface area contributed by atoms with E-state index in [1.165, 1.54) is 24.3 Å². The maximum Gasteiger partial charge on any atom is 0.336 e. The van der Waals surface area contributed by atoms with Crippen LogP contribution in [0.25, 0.3) is 17.0 Å². The molecule has 0 aliphatic carbocycles. The molecular formula is C19H14O5. The van der Waals surface area contributed by atoms with Crippen molar-refractivity contribution < 1.29 is 19.1 Å². The Balaban J connectivity index is 1.75. The van der Waals surface area contributed by atoms with E-state index in [0.29, 0.717) is 10.9 Å². The molecule has 0 spiro atoms. The highest BCUT2D eigenvalue weighted by Gasteiger charge is 2.08. The maximum absolute atomic E-state index is 11.8. The van der Waals surface area contributed by atoms with E-state index in [4.69, 9.17) is 9.15 Å². The van der Waals surface area contributed by atoms with E-state index >= 15 is 0 Å². The van der Waals surface area contributed by atoms with Crippen molar-refractivity contribution in [3.8, 4) is 5.75 Å². The Bertz CT molecular complexity index is 954. The Morgan fingerprint density at radius 3 is 2.71 bits per heavy atom. The minimum atomic E-state index is -0.570. The molecule has 120 valence electrons. The summed E-state index contributed by atoms with van der Waals surface area (Å²) in [6, 6.07) is 15.1. The molecule has 0 unspecified atom stereocenters. The van der Waals surface area contributed by atoms with Gasteiger partial charge in [-0.15, -0.1) is 0 Å². The molecule has 0 bridgehead atoms. The van der Waals surface area contributed by atoms with Gasteiger partial charge in [0.1, 0.15) is 17.9 Å². The van der Waals surface area contributed by atoms with Gasteiger partial charge < -0.3 is 14.3 Å². The first kappa shape index (κ1) is 15.6. The van der Waals surface area contributed by atoms with Crippen LogP contribution in [0.3, 0.4) is 0 Å². The van der Waals surface area contributed by atoms with Gasteiger partial charge in [-0.2, -0.15) is 0 Å². The summed E-state index contributed by atoms with van der Waals surface area (Å²) in [7, 11) is 0. The molecule has 5 heteroatoms. The van der Waals surface area contributed by atoms with Crippen molar-refractivity contribution in [2.75, 3.05) is 0 Å². The van der Waals surface area contributed by atoms with E-state index in [-0.39, 0.29) is 17.9 Å². The number of esters is 1. The van der Waals surface area contributed by atoms with Gasteiger partial charge in [0, 0.05) is 29.2 Å². The summed E-state index contributed by atoms with van der Waals surface area (Å²) < 4.78 is 10.2. The number of hydrogen-bond donors (Lipinski definition) is 1. The smallest absolute Gasteiger partial charge is 0.336 e. The first-order valence-electron chi connectivity index (χ1n) is 7.27. The topological polar surface area (TPSA) is 76.7 Å². The van der Waals surface area contributed by atoms with E-state index in [2.05, 4.69) is 0 Å². The fourth-order valence-electron chi connectivity index (χ4n) is 2.26. The third-order valence-electron chi connectivity index (χ3n) is 3.40. The van der Waals surface area contributed by atoms with Gasteiger partial charge in [0.25, 0.3) is 0 Å². The largest absolute Gasteiger partial charge is 0.508 e. The van der Waals surface area contributed by atoms with Crippen molar-refractivity contribution in [3.05, 3.63) is 82.2 Å². The molecule has 0 saturated heterocycles. The number of phenols is 1. The molecule has 0 saturated carbocycles. The number of carbonyl (C=O) groups excluding carboxylic acids is 1. The normalized spacial score (nSPS) is 11.0. The number of rotatable bonds is 4. The average Bonchev–Trinajstić information content (AvgIpc) is 2.58. The summed E-state index contributed by atoms with van der Waals surface area (Å²) in [4.78, 5) is 23.4. The van der Waals surface area contributed by atoms with Crippen LogP contribution in [0, 0.1) is 0 Å². The molecule has 3 aromatic rings. The molecule has 0 aliphatic rings. The van der Waals surface area contributed by atoms with Crippen molar-refractivity contribution in [3.63, 3.8) is 0 Å². The number of benzene rings is 2. The van der Waals surface area contributed by atoms with Crippen molar-refractivity contribution >= 4 is 23.0 Å². The van der Waals surface area contributed by atoms with Crippen LogP contribution in [-0.4, -0.2) is 11.1 Å². The van der Waals surface area contributed by atoms with Gasteiger partial charge in [-0.1, -0.05) is 30.3 Å². The molecule has 3 rings (SSSR count). The third-order valence-corrected chi connectivity index (χ3v) is 3.40. The number of aromatic hydroxyl groups is 1. The first-order valence-corrected chi connectivity index (χ1v) is 7.27. The second-order valence-corrected chi connectivity index (χ2v) is 5.12. The fourth-order valence-corrected chi connectivity index (χ4v) is 2.26. The standard InChI is InChI=1S/C19H14O5/c20-15-7-8-16-14(10-19(22)24-17(16)11-15)12-23-18(21)9-6-13-4-2-1-3-5-13/h1-11,20H,12H2/b9-6+. The van der Waals surface area contributed by atoms with Gasteiger partial charge in [0.15, 0.2) is 0 Å². The number of phenolic OH excluding ortho intramolecular Hbond substituents is 1. The minimum Gasteiger partial charge on any atom is -0.508 e. The summed E-state index contributed by atoms with van der Waals surface area (Å²) in [5.41, 5.74) is 1.07. The molecule has 24 heavy (non-hydrogen) atoms. The van der Waals surface area contributed by atoms with E-state index in [9.17, 15) is 14.7 Å².